The molecule has 0 radical (unpaired) electrons. The molecule has 0 fully saturated rings. The number of aromatic amines is 1. The Morgan fingerprint density at radius 3 is 2.62 bits per heavy atom. The second-order valence-electron chi connectivity index (χ2n) is 5.90. The van der Waals surface area contributed by atoms with Crippen molar-refractivity contribution in [1.82, 2.24) is 19.9 Å². The molecule has 0 spiro atoms. The fourth-order valence-corrected chi connectivity index (χ4v) is 2.52. The molecule has 1 amide bonds. The second-order valence-corrected chi connectivity index (χ2v) is 5.90. The van der Waals surface area contributed by atoms with Crippen LogP contribution in [0.25, 0.3) is 0 Å². The normalized spacial score (nSPS) is 10.7. The molecule has 0 bridgehead atoms. The Morgan fingerprint density at radius 1 is 1.25 bits per heavy atom. The van der Waals surface area contributed by atoms with Gasteiger partial charge in [-0.2, -0.15) is 4.98 Å². The van der Waals surface area contributed by atoms with E-state index < -0.39 is 0 Å². The van der Waals surface area contributed by atoms with Gasteiger partial charge in [-0.15, -0.1) is 0 Å². The van der Waals surface area contributed by atoms with Crippen LogP contribution in [-0.4, -0.2) is 20.4 Å². The van der Waals surface area contributed by atoms with Gasteiger partial charge in [0, 0.05) is 47.4 Å². The Morgan fingerprint density at radius 2 is 1.96 bits per heavy atom. The number of pyridine rings is 1. The number of hydrogen-bond acceptors (Lipinski definition) is 4. The summed E-state index contributed by atoms with van der Waals surface area (Å²) in [6, 6.07) is 1.81. The molecule has 2 aromatic rings. The molecule has 2 aromatic heterocycles. The lowest BCUT2D eigenvalue weighted by Gasteiger charge is -2.11. The minimum Gasteiger partial charge on any atom is -0.363 e. The Hall–Kier alpha value is -2.70. The number of amides is 1. The lowest BCUT2D eigenvalue weighted by atomic mass is 10.1. The first kappa shape index (κ1) is 17.7. The van der Waals surface area contributed by atoms with Gasteiger partial charge in [-0.25, -0.2) is 4.79 Å². The van der Waals surface area contributed by atoms with Crippen LogP contribution in [0.2, 0.25) is 0 Å². The first-order chi connectivity index (χ1) is 11.3. The molecular weight excluding hydrogens is 308 g/mol. The third kappa shape index (κ3) is 3.98. The molecule has 7 heteroatoms. The van der Waals surface area contributed by atoms with E-state index in [-0.39, 0.29) is 36.5 Å². The van der Waals surface area contributed by atoms with Crippen molar-refractivity contribution in [3.63, 3.8) is 0 Å². The molecule has 2 N–H and O–H groups in total. The minimum absolute atomic E-state index is 0.0223. The monoisotopic (exact) mass is 330 g/mol. The van der Waals surface area contributed by atoms with Crippen molar-refractivity contribution in [2.75, 3.05) is 0 Å². The summed E-state index contributed by atoms with van der Waals surface area (Å²) in [7, 11) is 0. The van der Waals surface area contributed by atoms with Crippen LogP contribution in [0.15, 0.2) is 21.9 Å². The van der Waals surface area contributed by atoms with E-state index >= 15 is 0 Å². The smallest absolute Gasteiger partial charge is 0.347 e. The Bertz CT molecular complexity index is 880. The van der Waals surface area contributed by atoms with Gasteiger partial charge in [-0.05, 0) is 33.8 Å². The van der Waals surface area contributed by atoms with Crippen LogP contribution in [0.1, 0.15) is 34.6 Å². The van der Waals surface area contributed by atoms with Crippen LogP contribution in [0.4, 0.5) is 0 Å². The van der Waals surface area contributed by atoms with Crippen molar-refractivity contribution in [2.24, 2.45) is 0 Å². The summed E-state index contributed by atoms with van der Waals surface area (Å²) in [6.45, 7) is 7.57. The van der Waals surface area contributed by atoms with Crippen LogP contribution >= 0.6 is 0 Å². The van der Waals surface area contributed by atoms with Crippen molar-refractivity contribution in [1.29, 1.82) is 0 Å². The molecule has 0 aliphatic heterocycles. The zero-order valence-corrected chi connectivity index (χ0v) is 14.4. The highest BCUT2D eigenvalue weighted by atomic mass is 16.2. The van der Waals surface area contributed by atoms with Crippen molar-refractivity contribution in [3.05, 3.63) is 61.2 Å². The number of nitrogens with zero attached hydrogens (tertiary/aromatic N) is 2. The summed E-state index contributed by atoms with van der Waals surface area (Å²) in [5, 5.41) is 2.76. The molecule has 2 heterocycles. The average molecular weight is 330 g/mol. The minimum atomic E-state index is -0.348. The predicted octanol–water partition coefficient (Wildman–Crippen LogP) is 0.872. The number of carbonyl (C=O) groups is 1. The van der Waals surface area contributed by atoms with Crippen molar-refractivity contribution < 1.29 is 4.79 Å². The third-order valence-corrected chi connectivity index (χ3v) is 3.99. The van der Waals surface area contributed by atoms with E-state index in [9.17, 15) is 14.4 Å². The summed E-state index contributed by atoms with van der Waals surface area (Å²) in [5.41, 5.74) is 3.00. The molecule has 0 aliphatic rings. The molecule has 0 unspecified atom stereocenters. The molecule has 0 aliphatic carbocycles. The van der Waals surface area contributed by atoms with E-state index in [0.29, 0.717) is 22.5 Å². The van der Waals surface area contributed by atoms with Crippen LogP contribution in [0.3, 0.4) is 0 Å². The maximum absolute atomic E-state index is 12.0. The average Bonchev–Trinajstić information content (AvgIpc) is 2.51. The number of rotatable bonds is 5. The van der Waals surface area contributed by atoms with Gasteiger partial charge < -0.3 is 10.3 Å². The fraction of sp³-hybridized carbons (Fsp3) is 0.412. The molecule has 128 valence electrons. The predicted molar refractivity (Wildman–Crippen MR) is 91.0 cm³/mol. The first-order valence-corrected chi connectivity index (χ1v) is 7.79. The van der Waals surface area contributed by atoms with E-state index in [1.54, 1.807) is 33.0 Å². The molecule has 0 saturated carbocycles. The highest BCUT2D eigenvalue weighted by Gasteiger charge is 2.09. The lowest BCUT2D eigenvalue weighted by molar-refractivity contribution is -0.121. The number of carbonyl (C=O) groups excluding carboxylic acids is 1. The molecule has 0 saturated heterocycles. The number of nitrogens with one attached hydrogen (secondary N) is 2. The maximum atomic E-state index is 12.0. The maximum Gasteiger partial charge on any atom is 0.347 e. The summed E-state index contributed by atoms with van der Waals surface area (Å²) in [5.74, 6) is -0.192. The number of hydrogen-bond donors (Lipinski definition) is 2. The van der Waals surface area contributed by atoms with Crippen LogP contribution < -0.4 is 16.4 Å². The van der Waals surface area contributed by atoms with E-state index in [1.165, 1.54) is 4.57 Å². The summed E-state index contributed by atoms with van der Waals surface area (Å²) >= 11 is 0. The molecule has 24 heavy (non-hydrogen) atoms. The van der Waals surface area contributed by atoms with E-state index in [0.717, 1.165) is 5.69 Å². The van der Waals surface area contributed by atoms with Gasteiger partial charge in [0.05, 0.1) is 6.54 Å². The first-order valence-electron chi connectivity index (χ1n) is 7.79. The highest BCUT2D eigenvalue weighted by molar-refractivity contribution is 5.75. The van der Waals surface area contributed by atoms with Gasteiger partial charge >= 0.3 is 5.69 Å². The zero-order valence-electron chi connectivity index (χ0n) is 14.4. The fourth-order valence-electron chi connectivity index (χ4n) is 2.52. The molecule has 0 aromatic carbocycles. The van der Waals surface area contributed by atoms with Crippen molar-refractivity contribution >= 4 is 5.91 Å². The van der Waals surface area contributed by atoms with E-state index in [1.807, 2.05) is 6.92 Å². The Balaban J connectivity index is 1.97. The number of H-pyrrole nitrogens is 1. The topological polar surface area (TPSA) is 96.9 Å². The Kier molecular flexibility index (Phi) is 5.33. The van der Waals surface area contributed by atoms with Gasteiger partial charge in [-0.3, -0.25) is 14.2 Å². The Labute approximate surface area is 139 Å². The quantitative estimate of drug-likeness (QED) is 0.850. The van der Waals surface area contributed by atoms with Crippen molar-refractivity contribution in [2.45, 2.75) is 47.2 Å². The highest BCUT2D eigenvalue weighted by Crippen LogP contribution is 2.01. The number of aryl methyl sites for hydroxylation is 3. The number of aromatic nitrogens is 3. The third-order valence-electron chi connectivity index (χ3n) is 3.99. The van der Waals surface area contributed by atoms with E-state index in [2.05, 4.69) is 15.3 Å². The van der Waals surface area contributed by atoms with Crippen LogP contribution in [0, 0.1) is 27.7 Å². The van der Waals surface area contributed by atoms with Crippen molar-refractivity contribution in [3.8, 4) is 0 Å². The molecule has 2 rings (SSSR count). The summed E-state index contributed by atoms with van der Waals surface area (Å²) in [6.07, 6.45) is 1.80. The molecular formula is C17H22N4O3. The second kappa shape index (κ2) is 7.25. The van der Waals surface area contributed by atoms with Crippen LogP contribution in [-0.2, 0) is 17.9 Å². The molecule has 0 atom stereocenters. The lowest BCUT2D eigenvalue weighted by Crippen LogP contribution is -2.30. The van der Waals surface area contributed by atoms with Gasteiger partial charge in [0.2, 0.25) is 5.91 Å². The zero-order chi connectivity index (χ0) is 17.9. The van der Waals surface area contributed by atoms with Crippen LogP contribution in [0.5, 0.6) is 0 Å². The summed E-state index contributed by atoms with van der Waals surface area (Å²) in [4.78, 5) is 42.6. The summed E-state index contributed by atoms with van der Waals surface area (Å²) < 4.78 is 1.48. The SMILES string of the molecule is Cc1cc(C)n(CCC(=O)NCc2[nH]cc(C)c(=O)c2C)c(=O)n1. The van der Waals surface area contributed by atoms with E-state index in [4.69, 9.17) is 0 Å². The standard InChI is InChI=1S/C17H22N4O3/c1-10-8-18-14(13(4)16(10)23)9-19-15(22)5-6-21-12(3)7-11(2)20-17(21)24/h7-8H,5-6,9H2,1-4H3,(H,18,23)(H,19,22). The largest absolute Gasteiger partial charge is 0.363 e. The van der Waals surface area contributed by atoms with Gasteiger partial charge in [0.1, 0.15) is 0 Å². The van der Waals surface area contributed by atoms with Gasteiger partial charge in [-0.1, -0.05) is 0 Å². The van der Waals surface area contributed by atoms with Gasteiger partial charge in [0.25, 0.3) is 0 Å². The van der Waals surface area contributed by atoms with Gasteiger partial charge in [0.15, 0.2) is 5.43 Å². The molecule has 7 nitrogen and oxygen atoms in total.